The van der Waals surface area contributed by atoms with E-state index in [4.69, 9.17) is 4.74 Å². The first-order valence-corrected chi connectivity index (χ1v) is 6.81. The van der Waals surface area contributed by atoms with Crippen LogP contribution in [0.1, 0.15) is 35.6 Å². The molecule has 1 atom stereocenters. The van der Waals surface area contributed by atoms with E-state index in [0.29, 0.717) is 0 Å². The zero-order valence-electron chi connectivity index (χ0n) is 12.8. The number of hydrogen-bond donors (Lipinski definition) is 1. The molecular formula is C15H22N4O. The molecule has 0 fully saturated rings. The Morgan fingerprint density at radius 1 is 1.35 bits per heavy atom. The molecule has 2 aromatic heterocycles. The molecule has 0 amide bonds. The highest BCUT2D eigenvalue weighted by Crippen LogP contribution is 2.30. The zero-order chi connectivity index (χ0) is 14.7. The highest BCUT2D eigenvalue weighted by atomic mass is 16.5. The van der Waals surface area contributed by atoms with Gasteiger partial charge in [-0.2, -0.15) is 5.10 Å². The summed E-state index contributed by atoms with van der Waals surface area (Å²) in [5.41, 5.74) is 4.22. The van der Waals surface area contributed by atoms with Crippen LogP contribution in [0.25, 0.3) is 0 Å². The largest absolute Gasteiger partial charge is 0.493 e. The average molecular weight is 274 g/mol. The maximum Gasteiger partial charge on any atom is 0.161 e. The van der Waals surface area contributed by atoms with Crippen molar-refractivity contribution in [2.24, 2.45) is 7.05 Å². The third-order valence-corrected chi connectivity index (χ3v) is 3.43. The summed E-state index contributed by atoms with van der Waals surface area (Å²) < 4.78 is 7.29. The molecule has 0 saturated carbocycles. The molecule has 5 heteroatoms. The van der Waals surface area contributed by atoms with E-state index >= 15 is 0 Å². The molecule has 0 aromatic carbocycles. The Kier molecular flexibility index (Phi) is 4.39. The topological polar surface area (TPSA) is 52.0 Å². The number of hydrogen-bond acceptors (Lipinski definition) is 4. The summed E-state index contributed by atoms with van der Waals surface area (Å²) in [4.78, 5) is 4.56. The summed E-state index contributed by atoms with van der Waals surface area (Å²) in [6.07, 6.45) is 1.75. The molecule has 1 N–H and O–H groups in total. The van der Waals surface area contributed by atoms with E-state index in [9.17, 15) is 0 Å². The van der Waals surface area contributed by atoms with Crippen LogP contribution < -0.4 is 10.1 Å². The Morgan fingerprint density at radius 3 is 2.70 bits per heavy atom. The molecule has 0 aliphatic rings. The van der Waals surface area contributed by atoms with E-state index in [-0.39, 0.29) is 6.04 Å². The van der Waals surface area contributed by atoms with Crippen molar-refractivity contribution in [2.75, 3.05) is 13.7 Å². The van der Waals surface area contributed by atoms with Crippen molar-refractivity contribution in [1.29, 1.82) is 0 Å². The fourth-order valence-corrected chi connectivity index (χ4v) is 2.47. The molecule has 0 aliphatic heterocycles. The summed E-state index contributed by atoms with van der Waals surface area (Å²) >= 11 is 0. The van der Waals surface area contributed by atoms with Crippen LogP contribution in [0.5, 0.6) is 5.75 Å². The van der Waals surface area contributed by atoms with Crippen LogP contribution in [0, 0.1) is 13.8 Å². The van der Waals surface area contributed by atoms with E-state index in [1.54, 1.807) is 13.3 Å². The summed E-state index contributed by atoms with van der Waals surface area (Å²) in [5, 5.41) is 7.79. The minimum Gasteiger partial charge on any atom is -0.493 e. The number of pyridine rings is 1. The number of rotatable bonds is 5. The van der Waals surface area contributed by atoms with Gasteiger partial charge in [0.05, 0.1) is 19.3 Å². The number of nitrogens with zero attached hydrogens (tertiary/aromatic N) is 3. The second-order valence-corrected chi connectivity index (χ2v) is 4.84. The van der Waals surface area contributed by atoms with Crippen molar-refractivity contribution < 1.29 is 4.74 Å². The van der Waals surface area contributed by atoms with Gasteiger partial charge in [0.1, 0.15) is 5.69 Å². The van der Waals surface area contributed by atoms with Gasteiger partial charge in [-0.1, -0.05) is 13.0 Å². The van der Waals surface area contributed by atoms with E-state index < -0.39 is 0 Å². The minimum absolute atomic E-state index is 0.0237. The van der Waals surface area contributed by atoms with Gasteiger partial charge in [0, 0.05) is 18.4 Å². The lowest BCUT2D eigenvalue weighted by Crippen LogP contribution is -2.25. The smallest absolute Gasteiger partial charge is 0.161 e. The molecule has 0 aliphatic carbocycles. The Morgan fingerprint density at radius 2 is 2.10 bits per heavy atom. The summed E-state index contributed by atoms with van der Waals surface area (Å²) in [7, 11) is 3.60. The molecule has 0 spiro atoms. The van der Waals surface area contributed by atoms with Gasteiger partial charge < -0.3 is 10.1 Å². The average Bonchev–Trinajstić information content (AvgIpc) is 2.78. The van der Waals surface area contributed by atoms with Gasteiger partial charge >= 0.3 is 0 Å². The number of aromatic nitrogens is 3. The summed E-state index contributed by atoms with van der Waals surface area (Å²) in [6.45, 7) is 6.98. The van der Waals surface area contributed by atoms with Gasteiger partial charge in [-0.25, -0.2) is 0 Å². The minimum atomic E-state index is 0.0237. The van der Waals surface area contributed by atoms with Gasteiger partial charge in [0.2, 0.25) is 0 Å². The third kappa shape index (κ3) is 2.67. The third-order valence-electron chi connectivity index (χ3n) is 3.43. The second-order valence-electron chi connectivity index (χ2n) is 4.84. The first-order chi connectivity index (χ1) is 9.58. The van der Waals surface area contributed by atoms with Crippen molar-refractivity contribution in [3.63, 3.8) is 0 Å². The van der Waals surface area contributed by atoms with Gasteiger partial charge in [0.15, 0.2) is 5.75 Å². The monoisotopic (exact) mass is 274 g/mol. The second kappa shape index (κ2) is 6.05. The SMILES string of the molecule is CCNC(c1ccc(C)nc1C)c1c(OC)cnn1C. The number of ether oxygens (including phenoxy) is 1. The van der Waals surface area contributed by atoms with Crippen molar-refractivity contribution >= 4 is 0 Å². The Labute approximate surface area is 120 Å². The van der Waals surface area contributed by atoms with Crippen LogP contribution in [-0.4, -0.2) is 28.4 Å². The molecular weight excluding hydrogens is 252 g/mol. The highest BCUT2D eigenvalue weighted by molar-refractivity contribution is 5.38. The van der Waals surface area contributed by atoms with Gasteiger partial charge in [-0.05, 0) is 32.0 Å². The van der Waals surface area contributed by atoms with Crippen molar-refractivity contribution in [2.45, 2.75) is 26.8 Å². The molecule has 0 saturated heterocycles. The molecule has 0 radical (unpaired) electrons. The predicted octanol–water partition coefficient (Wildman–Crippen LogP) is 2.14. The van der Waals surface area contributed by atoms with E-state index in [1.807, 2.05) is 31.6 Å². The first-order valence-electron chi connectivity index (χ1n) is 6.81. The zero-order valence-corrected chi connectivity index (χ0v) is 12.8. The van der Waals surface area contributed by atoms with Gasteiger partial charge in [-0.15, -0.1) is 0 Å². The predicted molar refractivity (Wildman–Crippen MR) is 79.0 cm³/mol. The van der Waals surface area contributed by atoms with Crippen molar-refractivity contribution in [3.8, 4) is 5.75 Å². The van der Waals surface area contributed by atoms with Crippen LogP contribution in [0.15, 0.2) is 18.3 Å². The Balaban J connectivity index is 2.53. The lowest BCUT2D eigenvalue weighted by Gasteiger charge is -2.21. The molecule has 5 nitrogen and oxygen atoms in total. The maximum absolute atomic E-state index is 5.43. The number of methoxy groups -OCH3 is 1. The molecule has 1 unspecified atom stereocenters. The van der Waals surface area contributed by atoms with Crippen LogP contribution >= 0.6 is 0 Å². The summed E-state index contributed by atoms with van der Waals surface area (Å²) in [6, 6.07) is 4.18. The maximum atomic E-state index is 5.43. The van der Waals surface area contributed by atoms with E-state index in [2.05, 4.69) is 28.4 Å². The number of nitrogens with one attached hydrogen (secondary N) is 1. The highest BCUT2D eigenvalue weighted by Gasteiger charge is 2.23. The van der Waals surface area contributed by atoms with E-state index in [0.717, 1.165) is 34.9 Å². The van der Waals surface area contributed by atoms with E-state index in [1.165, 1.54) is 0 Å². The molecule has 20 heavy (non-hydrogen) atoms. The Hall–Kier alpha value is -1.88. The lowest BCUT2D eigenvalue weighted by atomic mass is 10.0. The van der Waals surface area contributed by atoms with Crippen LogP contribution in [0.2, 0.25) is 0 Å². The van der Waals surface area contributed by atoms with Crippen LogP contribution in [0.4, 0.5) is 0 Å². The van der Waals surface area contributed by atoms with Gasteiger partial charge in [0.25, 0.3) is 0 Å². The van der Waals surface area contributed by atoms with Crippen LogP contribution in [-0.2, 0) is 7.05 Å². The molecule has 2 rings (SSSR count). The summed E-state index contributed by atoms with van der Waals surface area (Å²) in [5.74, 6) is 0.790. The molecule has 108 valence electrons. The molecule has 2 heterocycles. The van der Waals surface area contributed by atoms with Crippen LogP contribution in [0.3, 0.4) is 0 Å². The molecule has 0 bridgehead atoms. The first kappa shape index (κ1) is 14.5. The fraction of sp³-hybridized carbons (Fsp3) is 0.467. The standard InChI is InChI=1S/C15H22N4O/c1-6-16-14(12-8-7-10(2)18-11(12)3)15-13(20-5)9-17-19(15)4/h7-9,14,16H,6H2,1-5H3. The van der Waals surface area contributed by atoms with Crippen molar-refractivity contribution in [3.05, 3.63) is 41.0 Å². The van der Waals surface area contributed by atoms with Gasteiger partial charge in [-0.3, -0.25) is 9.67 Å². The quantitative estimate of drug-likeness (QED) is 0.907. The van der Waals surface area contributed by atoms with Crippen molar-refractivity contribution in [1.82, 2.24) is 20.1 Å². The Bertz CT molecular complexity index is 592. The fourth-order valence-electron chi connectivity index (χ4n) is 2.47. The molecule has 2 aromatic rings. The normalized spacial score (nSPS) is 12.4. The lowest BCUT2D eigenvalue weighted by molar-refractivity contribution is 0.401. The number of aryl methyl sites for hydroxylation is 3.